The number of nitrogens with one attached hydrogen (secondary N) is 2. The van der Waals surface area contributed by atoms with E-state index in [9.17, 15) is 0 Å². The molecule has 1 aromatic carbocycles. The molecule has 1 atom stereocenters. The Morgan fingerprint density at radius 3 is 2.69 bits per heavy atom. The van der Waals surface area contributed by atoms with Crippen molar-refractivity contribution in [3.63, 3.8) is 0 Å². The van der Waals surface area contributed by atoms with Crippen LogP contribution in [0, 0.1) is 5.41 Å². The maximum atomic E-state index is 6.01. The molecule has 0 fully saturated rings. The van der Waals surface area contributed by atoms with Gasteiger partial charge in [-0.25, -0.2) is 0 Å². The van der Waals surface area contributed by atoms with Crippen molar-refractivity contribution in [1.82, 2.24) is 20.8 Å². The summed E-state index contributed by atoms with van der Waals surface area (Å²) in [6, 6.07) is 7.38. The van der Waals surface area contributed by atoms with Gasteiger partial charge in [0.05, 0.1) is 12.6 Å². The van der Waals surface area contributed by atoms with Gasteiger partial charge in [0.15, 0.2) is 5.96 Å². The Labute approximate surface area is 195 Å². The van der Waals surface area contributed by atoms with Crippen molar-refractivity contribution in [2.75, 3.05) is 26.7 Å². The van der Waals surface area contributed by atoms with E-state index in [1.54, 1.807) is 7.11 Å². The summed E-state index contributed by atoms with van der Waals surface area (Å²) in [6.45, 7) is 10.4. The quantitative estimate of drug-likeness (QED) is 0.300. The fourth-order valence-corrected chi connectivity index (χ4v) is 2.80. The standard InChI is InChI=1S/C20H30ClN5O2.HI/c1-6-22-19(24-13-16(27-5)20(2,3)4)23-11-10-17-25-18(26-28-17)14-8-7-9-15(21)12-14;/h7-9,12,16H,6,10-11,13H2,1-5H3,(H2,22,23,24);1H. The number of guanidine groups is 1. The highest BCUT2D eigenvalue weighted by atomic mass is 127. The van der Waals surface area contributed by atoms with Gasteiger partial charge in [-0.15, -0.1) is 24.0 Å². The van der Waals surface area contributed by atoms with Crippen LogP contribution in [-0.4, -0.2) is 48.9 Å². The van der Waals surface area contributed by atoms with Crippen LogP contribution in [0.2, 0.25) is 5.02 Å². The number of aliphatic imine (C=N–C) groups is 1. The minimum Gasteiger partial charge on any atom is -0.379 e. The van der Waals surface area contributed by atoms with Crippen molar-refractivity contribution in [2.45, 2.75) is 40.2 Å². The number of methoxy groups -OCH3 is 1. The van der Waals surface area contributed by atoms with Gasteiger partial charge in [-0.1, -0.05) is 49.7 Å². The number of nitrogens with zero attached hydrogens (tertiary/aromatic N) is 3. The maximum absolute atomic E-state index is 6.01. The van der Waals surface area contributed by atoms with Crippen molar-refractivity contribution < 1.29 is 9.26 Å². The van der Waals surface area contributed by atoms with Gasteiger partial charge >= 0.3 is 0 Å². The van der Waals surface area contributed by atoms with Gasteiger partial charge in [-0.05, 0) is 24.5 Å². The summed E-state index contributed by atoms with van der Waals surface area (Å²) in [4.78, 5) is 9.06. The highest BCUT2D eigenvalue weighted by molar-refractivity contribution is 14.0. The topological polar surface area (TPSA) is 84.6 Å². The Morgan fingerprint density at radius 1 is 1.31 bits per heavy atom. The van der Waals surface area contributed by atoms with E-state index in [0.717, 1.165) is 18.1 Å². The molecule has 0 aliphatic carbocycles. The molecule has 2 rings (SSSR count). The average molecular weight is 536 g/mol. The summed E-state index contributed by atoms with van der Waals surface area (Å²) in [5, 5.41) is 11.2. The number of halogens is 2. The van der Waals surface area contributed by atoms with E-state index in [2.05, 4.69) is 46.5 Å². The first-order valence-electron chi connectivity index (χ1n) is 9.47. The molecule has 0 aliphatic heterocycles. The molecular formula is C20H31ClIN5O2. The third-order valence-electron chi connectivity index (χ3n) is 4.19. The van der Waals surface area contributed by atoms with Crippen molar-refractivity contribution in [1.29, 1.82) is 0 Å². The Kier molecular flexibility index (Phi) is 10.9. The molecule has 0 saturated carbocycles. The molecule has 29 heavy (non-hydrogen) atoms. The van der Waals surface area contributed by atoms with Crippen LogP contribution in [0.3, 0.4) is 0 Å². The molecule has 0 saturated heterocycles. The van der Waals surface area contributed by atoms with E-state index < -0.39 is 0 Å². The maximum Gasteiger partial charge on any atom is 0.228 e. The first-order valence-corrected chi connectivity index (χ1v) is 9.84. The first kappa shape index (κ1) is 25.6. The number of hydrogen-bond donors (Lipinski definition) is 2. The van der Waals surface area contributed by atoms with Gasteiger partial charge in [-0.2, -0.15) is 4.98 Å². The third kappa shape index (κ3) is 8.47. The number of hydrogen-bond acceptors (Lipinski definition) is 5. The zero-order chi connectivity index (χ0) is 20.6. The molecule has 0 amide bonds. The second kappa shape index (κ2) is 12.3. The van der Waals surface area contributed by atoms with Crippen molar-refractivity contribution in [3.05, 3.63) is 35.2 Å². The average Bonchev–Trinajstić information content (AvgIpc) is 3.10. The minimum atomic E-state index is 0. The van der Waals surface area contributed by atoms with Gasteiger partial charge in [0.1, 0.15) is 0 Å². The normalized spacial score (nSPS) is 13.0. The Balaban J connectivity index is 0.00000420. The van der Waals surface area contributed by atoms with E-state index in [4.69, 9.17) is 20.9 Å². The molecule has 0 radical (unpaired) electrons. The molecule has 0 spiro atoms. The van der Waals surface area contributed by atoms with Crippen LogP contribution in [-0.2, 0) is 11.2 Å². The molecule has 0 bridgehead atoms. The van der Waals surface area contributed by atoms with Crippen LogP contribution in [0.15, 0.2) is 33.8 Å². The number of rotatable bonds is 8. The van der Waals surface area contributed by atoms with Crippen molar-refractivity contribution in [3.8, 4) is 11.4 Å². The second-order valence-corrected chi connectivity index (χ2v) is 7.95. The highest BCUT2D eigenvalue weighted by Gasteiger charge is 2.24. The molecule has 162 valence electrons. The minimum absolute atomic E-state index is 0. The molecule has 9 heteroatoms. The lowest BCUT2D eigenvalue weighted by Gasteiger charge is -2.28. The van der Waals surface area contributed by atoms with E-state index in [1.807, 2.05) is 31.2 Å². The molecule has 1 unspecified atom stereocenters. The van der Waals surface area contributed by atoms with Crippen LogP contribution < -0.4 is 10.6 Å². The summed E-state index contributed by atoms with van der Waals surface area (Å²) in [7, 11) is 1.72. The molecule has 2 aromatic rings. The SMILES string of the molecule is CCNC(=NCC(OC)C(C)(C)C)NCCc1nc(-c2cccc(Cl)c2)no1.I. The summed E-state index contributed by atoms with van der Waals surface area (Å²) in [5.41, 5.74) is 0.855. The third-order valence-corrected chi connectivity index (χ3v) is 4.43. The zero-order valence-corrected chi connectivity index (χ0v) is 20.7. The smallest absolute Gasteiger partial charge is 0.228 e. The zero-order valence-electron chi connectivity index (χ0n) is 17.7. The monoisotopic (exact) mass is 535 g/mol. The summed E-state index contributed by atoms with van der Waals surface area (Å²) in [6.07, 6.45) is 0.629. The van der Waals surface area contributed by atoms with Gasteiger partial charge in [0.2, 0.25) is 11.7 Å². The molecular weight excluding hydrogens is 505 g/mol. The van der Waals surface area contributed by atoms with E-state index in [1.165, 1.54) is 0 Å². The van der Waals surface area contributed by atoms with Gasteiger partial charge < -0.3 is 19.9 Å². The molecule has 0 aliphatic rings. The van der Waals surface area contributed by atoms with Crippen LogP contribution in [0.5, 0.6) is 0 Å². The molecule has 7 nitrogen and oxygen atoms in total. The lowest BCUT2D eigenvalue weighted by atomic mass is 9.89. The number of ether oxygens (including phenoxy) is 1. The van der Waals surface area contributed by atoms with E-state index >= 15 is 0 Å². The summed E-state index contributed by atoms with van der Waals surface area (Å²) < 4.78 is 10.9. The van der Waals surface area contributed by atoms with E-state index in [-0.39, 0.29) is 35.5 Å². The molecule has 1 aromatic heterocycles. The second-order valence-electron chi connectivity index (χ2n) is 7.51. The fourth-order valence-electron chi connectivity index (χ4n) is 2.61. The lowest BCUT2D eigenvalue weighted by molar-refractivity contribution is 0.0241. The van der Waals surface area contributed by atoms with E-state index in [0.29, 0.717) is 36.2 Å². The van der Waals surface area contributed by atoms with Crippen LogP contribution >= 0.6 is 35.6 Å². The molecule has 2 N–H and O–H groups in total. The Morgan fingerprint density at radius 2 is 2.07 bits per heavy atom. The fraction of sp³-hybridized carbons (Fsp3) is 0.550. The highest BCUT2D eigenvalue weighted by Crippen LogP contribution is 2.22. The largest absolute Gasteiger partial charge is 0.379 e. The number of aromatic nitrogens is 2. The summed E-state index contributed by atoms with van der Waals surface area (Å²) >= 11 is 6.01. The van der Waals surface area contributed by atoms with Gasteiger partial charge in [-0.3, -0.25) is 4.99 Å². The van der Waals surface area contributed by atoms with Crippen LogP contribution in [0.4, 0.5) is 0 Å². The Bertz CT molecular complexity index is 776. The Hall–Kier alpha value is -1.39. The van der Waals surface area contributed by atoms with Crippen LogP contribution in [0.25, 0.3) is 11.4 Å². The van der Waals surface area contributed by atoms with Gasteiger partial charge in [0.25, 0.3) is 0 Å². The van der Waals surface area contributed by atoms with Gasteiger partial charge in [0, 0.05) is 37.2 Å². The number of benzene rings is 1. The van der Waals surface area contributed by atoms with Crippen molar-refractivity contribution >= 4 is 41.5 Å². The first-order chi connectivity index (χ1) is 13.3. The lowest BCUT2D eigenvalue weighted by Crippen LogP contribution is -2.40. The predicted molar refractivity (Wildman–Crippen MR) is 128 cm³/mol. The van der Waals surface area contributed by atoms with Crippen molar-refractivity contribution in [2.24, 2.45) is 10.4 Å². The predicted octanol–water partition coefficient (Wildman–Crippen LogP) is 4.17. The summed E-state index contributed by atoms with van der Waals surface area (Å²) in [5.74, 6) is 1.83. The molecule has 1 heterocycles. The van der Waals surface area contributed by atoms with Crippen LogP contribution in [0.1, 0.15) is 33.6 Å².